The lowest BCUT2D eigenvalue weighted by atomic mass is 9.99. The Bertz CT molecular complexity index is 1500. The molecule has 0 bridgehead atoms. The van der Waals surface area contributed by atoms with Crippen LogP contribution in [0.3, 0.4) is 0 Å². The maximum absolute atomic E-state index is 14.0. The number of rotatable bonds is 28. The molecule has 6 atom stereocenters. The summed E-state index contributed by atoms with van der Waals surface area (Å²) in [4.78, 5) is 104. The largest absolute Gasteiger partial charge is 0.481 e. The molecule has 58 heavy (non-hydrogen) atoms. The first kappa shape index (κ1) is 51.0. The van der Waals surface area contributed by atoms with Gasteiger partial charge in [0.25, 0.3) is 0 Å². The Balaban J connectivity index is 3.29. The molecule has 16 nitrogen and oxygen atoms in total. The summed E-state index contributed by atoms with van der Waals surface area (Å²) in [6.07, 6.45) is 4.37. The molecule has 1 aromatic rings. The molecule has 0 aromatic heterocycles. The monoisotopic (exact) mass is 816 g/mol. The second kappa shape index (κ2) is 26.8. The molecular weight excluding hydrogens is 748 g/mol. The second-order valence-electron chi connectivity index (χ2n) is 16.1. The first-order valence-electron chi connectivity index (χ1n) is 20.5. The van der Waals surface area contributed by atoms with Crippen LogP contribution in [0.5, 0.6) is 0 Å². The van der Waals surface area contributed by atoms with E-state index in [2.05, 4.69) is 38.8 Å². The Labute approximate surface area is 343 Å². The number of unbranched alkanes of at least 4 members (excludes halogenated alkanes) is 4. The highest BCUT2D eigenvalue weighted by Crippen LogP contribution is 2.12. The zero-order valence-corrected chi connectivity index (χ0v) is 35.5. The average molecular weight is 817 g/mol. The Morgan fingerprint density at radius 1 is 0.552 bits per heavy atom. The number of hydrogen-bond donors (Lipinski definition) is 8. The van der Waals surface area contributed by atoms with E-state index in [0.717, 1.165) is 25.7 Å². The molecule has 0 spiro atoms. The van der Waals surface area contributed by atoms with Gasteiger partial charge < -0.3 is 42.1 Å². The highest BCUT2D eigenvalue weighted by atomic mass is 16.4. The summed E-state index contributed by atoms with van der Waals surface area (Å²) in [7, 11) is 0. The van der Waals surface area contributed by atoms with E-state index >= 15 is 0 Å². The molecule has 0 radical (unpaired) electrons. The van der Waals surface area contributed by atoms with Crippen molar-refractivity contribution in [3.63, 3.8) is 0 Å². The number of carbonyl (C=O) groups excluding carboxylic acids is 6. The zero-order valence-electron chi connectivity index (χ0n) is 35.5. The smallest absolute Gasteiger partial charge is 0.326 e. The number of benzene rings is 1. The van der Waals surface area contributed by atoms with Crippen molar-refractivity contribution in [3.8, 4) is 0 Å². The normalized spacial score (nSPS) is 14.3. The van der Waals surface area contributed by atoms with Crippen molar-refractivity contribution >= 4 is 47.4 Å². The van der Waals surface area contributed by atoms with Gasteiger partial charge in [-0.05, 0) is 55.9 Å². The summed E-state index contributed by atoms with van der Waals surface area (Å²) in [5.41, 5.74) is 0.678. The van der Waals surface area contributed by atoms with E-state index < -0.39 is 84.1 Å². The van der Waals surface area contributed by atoms with Crippen molar-refractivity contribution < 1.29 is 48.6 Å². The van der Waals surface area contributed by atoms with Crippen molar-refractivity contribution in [2.45, 2.75) is 162 Å². The fraction of sp³-hybridized carbons (Fsp3) is 0.667. The fourth-order valence-electron chi connectivity index (χ4n) is 6.14. The van der Waals surface area contributed by atoms with Gasteiger partial charge in [0.05, 0.1) is 0 Å². The summed E-state index contributed by atoms with van der Waals surface area (Å²) >= 11 is 0. The second-order valence-corrected chi connectivity index (χ2v) is 16.1. The van der Waals surface area contributed by atoms with Gasteiger partial charge in [-0.2, -0.15) is 0 Å². The molecular formula is C42H68N6O10. The lowest BCUT2D eigenvalue weighted by Crippen LogP contribution is -2.60. The molecule has 6 amide bonds. The van der Waals surface area contributed by atoms with Gasteiger partial charge in [0.2, 0.25) is 35.4 Å². The molecule has 0 fully saturated rings. The van der Waals surface area contributed by atoms with Crippen LogP contribution in [0.25, 0.3) is 0 Å². The van der Waals surface area contributed by atoms with Gasteiger partial charge in [0, 0.05) is 19.3 Å². The molecule has 8 N–H and O–H groups in total. The Hall–Kier alpha value is -5.02. The van der Waals surface area contributed by atoms with E-state index in [1.54, 1.807) is 71.9 Å². The van der Waals surface area contributed by atoms with Gasteiger partial charge in [-0.15, -0.1) is 0 Å². The SMILES string of the molecule is CCCCCCCC(=O)N[C@H](C(=O)N[C@@H](Cc1ccccc1)C(=O)N[C@@H](CCC(=O)O)C(=O)N[C@@H](CC(C)C)C(=O)N[C@@H](C)C(=O)N[C@@H](CC(C)C)C(=O)O)C(C)C. The minimum Gasteiger partial charge on any atom is -0.481 e. The van der Waals surface area contributed by atoms with E-state index in [-0.39, 0.29) is 55.8 Å². The van der Waals surface area contributed by atoms with Crippen LogP contribution in [-0.4, -0.2) is 93.8 Å². The van der Waals surface area contributed by atoms with E-state index in [0.29, 0.717) is 12.0 Å². The Morgan fingerprint density at radius 2 is 1.07 bits per heavy atom. The maximum Gasteiger partial charge on any atom is 0.326 e. The maximum atomic E-state index is 14.0. The number of amides is 6. The molecule has 1 rings (SSSR count). The highest BCUT2D eigenvalue weighted by molar-refractivity contribution is 5.97. The molecule has 0 saturated heterocycles. The third-order valence-electron chi connectivity index (χ3n) is 9.38. The molecule has 326 valence electrons. The summed E-state index contributed by atoms with van der Waals surface area (Å²) in [6.45, 7) is 14.2. The van der Waals surface area contributed by atoms with Gasteiger partial charge in [-0.1, -0.05) is 104 Å². The van der Waals surface area contributed by atoms with Gasteiger partial charge in [0.1, 0.15) is 36.3 Å². The van der Waals surface area contributed by atoms with Crippen LogP contribution >= 0.6 is 0 Å². The van der Waals surface area contributed by atoms with E-state index in [4.69, 9.17) is 0 Å². The number of carboxylic acids is 2. The first-order valence-corrected chi connectivity index (χ1v) is 20.5. The topological polar surface area (TPSA) is 249 Å². The van der Waals surface area contributed by atoms with Crippen LogP contribution in [0.15, 0.2) is 30.3 Å². The number of carboxylic acid groups (broad SMARTS) is 2. The predicted octanol–water partition coefficient (Wildman–Crippen LogP) is 3.22. The van der Waals surface area contributed by atoms with Crippen LogP contribution in [-0.2, 0) is 44.8 Å². The number of carbonyl (C=O) groups is 8. The van der Waals surface area contributed by atoms with Crippen molar-refractivity contribution in [1.82, 2.24) is 31.9 Å². The molecule has 16 heteroatoms. The zero-order chi connectivity index (χ0) is 43.9. The van der Waals surface area contributed by atoms with Crippen LogP contribution in [0.4, 0.5) is 0 Å². The van der Waals surface area contributed by atoms with Crippen LogP contribution in [0, 0.1) is 17.8 Å². The average Bonchev–Trinajstić information content (AvgIpc) is 3.14. The number of hydrogen-bond acceptors (Lipinski definition) is 8. The van der Waals surface area contributed by atoms with E-state index in [1.165, 1.54) is 6.92 Å². The quantitative estimate of drug-likeness (QED) is 0.0574. The van der Waals surface area contributed by atoms with Crippen molar-refractivity contribution in [2.75, 3.05) is 0 Å². The lowest BCUT2D eigenvalue weighted by Gasteiger charge is -2.28. The Morgan fingerprint density at radius 3 is 1.62 bits per heavy atom. The van der Waals surface area contributed by atoms with E-state index in [9.17, 15) is 48.6 Å². The molecule has 0 heterocycles. The predicted molar refractivity (Wildman–Crippen MR) is 219 cm³/mol. The first-order chi connectivity index (χ1) is 27.2. The van der Waals surface area contributed by atoms with Crippen LogP contribution < -0.4 is 31.9 Å². The summed E-state index contributed by atoms with van der Waals surface area (Å²) in [5.74, 6) is -7.02. The number of nitrogens with one attached hydrogen (secondary N) is 6. The molecule has 1 aromatic carbocycles. The summed E-state index contributed by atoms with van der Waals surface area (Å²) in [5, 5.41) is 34.7. The number of aliphatic carboxylic acids is 2. The van der Waals surface area contributed by atoms with Crippen LogP contribution in [0.1, 0.15) is 125 Å². The van der Waals surface area contributed by atoms with Crippen molar-refractivity contribution in [2.24, 2.45) is 17.8 Å². The highest BCUT2D eigenvalue weighted by Gasteiger charge is 2.34. The minimum atomic E-state index is -1.46. The van der Waals surface area contributed by atoms with Gasteiger partial charge in [-0.25, -0.2) is 4.79 Å². The molecule has 0 aliphatic rings. The van der Waals surface area contributed by atoms with Crippen molar-refractivity contribution in [1.29, 1.82) is 0 Å². The Kier molecular flexibility index (Phi) is 23.6. The van der Waals surface area contributed by atoms with E-state index in [1.807, 2.05) is 0 Å². The summed E-state index contributed by atoms with van der Waals surface area (Å²) in [6, 6.07) is 1.56. The molecule has 0 saturated carbocycles. The van der Waals surface area contributed by atoms with Gasteiger partial charge in [0.15, 0.2) is 0 Å². The lowest BCUT2D eigenvalue weighted by molar-refractivity contribution is -0.143. The van der Waals surface area contributed by atoms with Gasteiger partial charge in [-0.3, -0.25) is 33.6 Å². The van der Waals surface area contributed by atoms with Crippen LogP contribution in [0.2, 0.25) is 0 Å². The summed E-state index contributed by atoms with van der Waals surface area (Å²) < 4.78 is 0. The molecule has 0 aliphatic carbocycles. The fourth-order valence-corrected chi connectivity index (χ4v) is 6.14. The standard InChI is InChI=1S/C42H68N6O10/c1-9-10-11-12-16-19-34(49)48-36(27(6)7)41(56)46-32(24-29-17-14-13-15-18-29)40(55)44-30(20-21-35(50)51)38(53)45-31(22-25(2)3)39(54)43-28(8)37(52)47-33(42(57)58)23-26(4)5/h13-15,17-18,25-28,30-33,36H,9-12,16,19-24H2,1-8H3,(H,43,54)(H,44,55)(H,45,53)(H,46,56)(H,47,52)(H,48,49)(H,50,51)(H,57,58)/t28-,30-,31-,32-,33-,36-/m0/s1. The van der Waals surface area contributed by atoms with Gasteiger partial charge >= 0.3 is 11.9 Å². The van der Waals surface area contributed by atoms with Crippen molar-refractivity contribution in [3.05, 3.63) is 35.9 Å². The third-order valence-corrected chi connectivity index (χ3v) is 9.38. The third kappa shape index (κ3) is 20.4. The molecule has 0 aliphatic heterocycles. The molecule has 0 unspecified atom stereocenters. The minimum absolute atomic E-state index is 0.000109.